The molecule has 0 aliphatic carbocycles. The van der Waals surface area contributed by atoms with Gasteiger partial charge in [0.2, 0.25) is 5.91 Å². The van der Waals surface area contributed by atoms with Gasteiger partial charge in [0.25, 0.3) is 0 Å². The Morgan fingerprint density at radius 2 is 1.91 bits per heavy atom. The summed E-state index contributed by atoms with van der Waals surface area (Å²) in [4.78, 5) is 14.9. The minimum atomic E-state index is 0.257. The molecular formula is C19H28N2O. The van der Waals surface area contributed by atoms with E-state index in [1.54, 1.807) is 0 Å². The van der Waals surface area contributed by atoms with Crippen LogP contribution in [0.5, 0.6) is 0 Å². The molecule has 1 amide bonds. The first-order valence-corrected chi connectivity index (χ1v) is 8.84. The van der Waals surface area contributed by atoms with Gasteiger partial charge in [-0.25, -0.2) is 0 Å². The second-order valence-electron chi connectivity index (χ2n) is 6.78. The smallest absolute Gasteiger partial charge is 0.225 e. The van der Waals surface area contributed by atoms with Crippen molar-refractivity contribution in [3.63, 3.8) is 0 Å². The van der Waals surface area contributed by atoms with E-state index in [9.17, 15) is 4.79 Å². The fourth-order valence-corrected chi connectivity index (χ4v) is 4.11. The fourth-order valence-electron chi connectivity index (χ4n) is 4.11. The summed E-state index contributed by atoms with van der Waals surface area (Å²) in [6.45, 7) is 6.12. The molecule has 3 heteroatoms. The Morgan fingerprint density at radius 3 is 2.59 bits per heavy atom. The normalized spacial score (nSPS) is 26.9. The van der Waals surface area contributed by atoms with E-state index in [0.29, 0.717) is 17.7 Å². The molecular weight excluding hydrogens is 272 g/mol. The van der Waals surface area contributed by atoms with Crippen LogP contribution in [0.15, 0.2) is 30.3 Å². The molecule has 2 heterocycles. The summed E-state index contributed by atoms with van der Waals surface area (Å²) in [5, 5.41) is 3.35. The molecule has 120 valence electrons. The highest BCUT2D eigenvalue weighted by Crippen LogP contribution is 2.35. The third kappa shape index (κ3) is 3.35. The summed E-state index contributed by atoms with van der Waals surface area (Å²) >= 11 is 0. The largest absolute Gasteiger partial charge is 0.342 e. The molecule has 1 aromatic carbocycles. The average molecular weight is 300 g/mol. The van der Waals surface area contributed by atoms with Crippen LogP contribution < -0.4 is 5.32 Å². The van der Waals surface area contributed by atoms with E-state index in [4.69, 9.17) is 0 Å². The maximum absolute atomic E-state index is 12.8. The van der Waals surface area contributed by atoms with Crippen molar-refractivity contribution in [2.75, 3.05) is 26.2 Å². The molecule has 1 N–H and O–H groups in total. The van der Waals surface area contributed by atoms with E-state index in [1.807, 2.05) is 0 Å². The van der Waals surface area contributed by atoms with Crippen molar-refractivity contribution in [2.45, 2.75) is 38.5 Å². The van der Waals surface area contributed by atoms with Crippen molar-refractivity contribution in [1.29, 1.82) is 0 Å². The number of carbonyl (C=O) groups excluding carboxylic acids is 1. The van der Waals surface area contributed by atoms with Crippen molar-refractivity contribution >= 4 is 5.91 Å². The maximum Gasteiger partial charge on any atom is 0.225 e. The van der Waals surface area contributed by atoms with Gasteiger partial charge in [0.1, 0.15) is 0 Å². The quantitative estimate of drug-likeness (QED) is 0.930. The number of hydrogen-bond acceptors (Lipinski definition) is 2. The maximum atomic E-state index is 12.8. The minimum Gasteiger partial charge on any atom is -0.342 e. The monoisotopic (exact) mass is 300 g/mol. The van der Waals surface area contributed by atoms with Crippen molar-refractivity contribution in [3.8, 4) is 0 Å². The van der Waals surface area contributed by atoms with Crippen LogP contribution in [0.3, 0.4) is 0 Å². The number of hydrogen-bond donors (Lipinski definition) is 1. The molecule has 2 unspecified atom stereocenters. The molecule has 0 aromatic heterocycles. The van der Waals surface area contributed by atoms with Crippen LogP contribution in [0.4, 0.5) is 0 Å². The molecule has 2 atom stereocenters. The first-order valence-electron chi connectivity index (χ1n) is 8.84. The SMILES string of the molecule is CCC1CN(C(=O)C2CCNCC2)CCC1c1ccccc1. The number of rotatable bonds is 3. The van der Waals surface area contributed by atoms with Gasteiger partial charge in [-0.3, -0.25) is 4.79 Å². The minimum absolute atomic E-state index is 0.257. The van der Waals surface area contributed by atoms with Crippen LogP contribution >= 0.6 is 0 Å². The first-order chi connectivity index (χ1) is 10.8. The van der Waals surface area contributed by atoms with Crippen LogP contribution in [-0.4, -0.2) is 37.0 Å². The lowest BCUT2D eigenvalue weighted by atomic mass is 9.78. The summed E-state index contributed by atoms with van der Waals surface area (Å²) < 4.78 is 0. The molecule has 0 radical (unpaired) electrons. The molecule has 1 aromatic rings. The molecule has 0 saturated carbocycles. The molecule has 2 saturated heterocycles. The van der Waals surface area contributed by atoms with E-state index in [1.165, 1.54) is 5.56 Å². The van der Waals surface area contributed by atoms with Crippen LogP contribution in [0.1, 0.15) is 44.1 Å². The number of benzene rings is 1. The van der Waals surface area contributed by atoms with E-state index in [0.717, 1.165) is 51.9 Å². The van der Waals surface area contributed by atoms with Gasteiger partial charge < -0.3 is 10.2 Å². The molecule has 0 spiro atoms. The van der Waals surface area contributed by atoms with Gasteiger partial charge >= 0.3 is 0 Å². The average Bonchev–Trinajstić information content (AvgIpc) is 2.62. The van der Waals surface area contributed by atoms with Gasteiger partial charge in [-0.1, -0.05) is 43.7 Å². The van der Waals surface area contributed by atoms with Crippen molar-refractivity contribution in [2.24, 2.45) is 11.8 Å². The number of amides is 1. The summed E-state index contributed by atoms with van der Waals surface area (Å²) in [7, 11) is 0. The van der Waals surface area contributed by atoms with Crippen molar-refractivity contribution in [1.82, 2.24) is 10.2 Å². The third-order valence-corrected chi connectivity index (χ3v) is 5.49. The molecule has 2 aliphatic heterocycles. The standard InChI is InChI=1S/C19H28N2O/c1-2-15-14-21(19(22)17-8-11-20-12-9-17)13-10-18(15)16-6-4-3-5-7-16/h3-7,15,17-18,20H,2,8-14H2,1H3. The second kappa shape index (κ2) is 7.28. The highest BCUT2D eigenvalue weighted by atomic mass is 16.2. The second-order valence-corrected chi connectivity index (χ2v) is 6.78. The Bertz CT molecular complexity index is 481. The van der Waals surface area contributed by atoms with Gasteiger partial charge in [0.15, 0.2) is 0 Å². The van der Waals surface area contributed by atoms with Crippen LogP contribution in [-0.2, 0) is 4.79 Å². The highest BCUT2D eigenvalue weighted by molar-refractivity contribution is 5.79. The lowest BCUT2D eigenvalue weighted by Crippen LogP contribution is -2.47. The van der Waals surface area contributed by atoms with Crippen LogP contribution in [0.25, 0.3) is 0 Å². The van der Waals surface area contributed by atoms with E-state index < -0.39 is 0 Å². The Balaban J connectivity index is 1.65. The molecule has 0 bridgehead atoms. The van der Waals surface area contributed by atoms with Crippen LogP contribution in [0, 0.1) is 11.8 Å². The molecule has 2 aliphatic rings. The highest BCUT2D eigenvalue weighted by Gasteiger charge is 2.34. The molecule has 3 rings (SSSR count). The lowest BCUT2D eigenvalue weighted by Gasteiger charge is -2.40. The summed E-state index contributed by atoms with van der Waals surface area (Å²) in [6, 6.07) is 10.8. The van der Waals surface area contributed by atoms with Crippen molar-refractivity contribution < 1.29 is 4.79 Å². The fraction of sp³-hybridized carbons (Fsp3) is 0.632. The number of carbonyl (C=O) groups is 1. The number of nitrogens with zero attached hydrogens (tertiary/aromatic N) is 1. The van der Waals surface area contributed by atoms with Crippen LogP contribution in [0.2, 0.25) is 0 Å². The Morgan fingerprint density at radius 1 is 1.18 bits per heavy atom. The number of likely N-dealkylation sites (tertiary alicyclic amines) is 1. The van der Waals surface area contributed by atoms with Gasteiger partial charge in [-0.15, -0.1) is 0 Å². The lowest BCUT2D eigenvalue weighted by molar-refractivity contribution is -0.138. The first kappa shape index (κ1) is 15.5. The zero-order valence-electron chi connectivity index (χ0n) is 13.6. The molecule has 3 nitrogen and oxygen atoms in total. The zero-order chi connectivity index (χ0) is 15.4. The Hall–Kier alpha value is -1.35. The zero-order valence-corrected chi connectivity index (χ0v) is 13.6. The van der Waals surface area contributed by atoms with Gasteiger partial charge in [0, 0.05) is 19.0 Å². The van der Waals surface area contributed by atoms with Crippen molar-refractivity contribution in [3.05, 3.63) is 35.9 Å². The summed E-state index contributed by atoms with van der Waals surface area (Å²) in [6.07, 6.45) is 4.28. The molecule has 2 fully saturated rings. The predicted molar refractivity (Wildman–Crippen MR) is 89.8 cm³/mol. The van der Waals surface area contributed by atoms with E-state index in [-0.39, 0.29) is 5.92 Å². The summed E-state index contributed by atoms with van der Waals surface area (Å²) in [5.41, 5.74) is 1.45. The predicted octanol–water partition coefficient (Wildman–Crippen LogP) is 3.03. The van der Waals surface area contributed by atoms with Gasteiger partial charge in [-0.2, -0.15) is 0 Å². The summed E-state index contributed by atoms with van der Waals surface area (Å²) in [5.74, 6) is 1.88. The molecule has 22 heavy (non-hydrogen) atoms. The van der Waals surface area contributed by atoms with Gasteiger partial charge in [0.05, 0.1) is 0 Å². The third-order valence-electron chi connectivity index (χ3n) is 5.49. The van der Waals surface area contributed by atoms with Gasteiger partial charge in [-0.05, 0) is 49.8 Å². The Labute approximate surface area is 134 Å². The van der Waals surface area contributed by atoms with E-state index >= 15 is 0 Å². The number of nitrogens with one attached hydrogen (secondary N) is 1. The Kier molecular flexibility index (Phi) is 5.14. The number of piperidine rings is 2. The topological polar surface area (TPSA) is 32.3 Å². The van der Waals surface area contributed by atoms with E-state index in [2.05, 4.69) is 47.5 Å².